The monoisotopic (exact) mass is 368 g/mol. The van der Waals surface area contributed by atoms with Gasteiger partial charge in [-0.3, -0.25) is 0 Å². The number of thioether (sulfide) groups is 1. The van der Waals surface area contributed by atoms with Crippen LogP contribution in [0.2, 0.25) is 5.02 Å². The van der Waals surface area contributed by atoms with Crippen LogP contribution < -0.4 is 0 Å². The van der Waals surface area contributed by atoms with Crippen LogP contribution in [0.15, 0.2) is 52.9 Å². The molecule has 3 rings (SSSR count). The zero-order chi connectivity index (χ0) is 15.5. The van der Waals surface area contributed by atoms with E-state index in [0.29, 0.717) is 20.3 Å². The van der Waals surface area contributed by atoms with Crippen LogP contribution in [0.5, 0.6) is 0 Å². The van der Waals surface area contributed by atoms with E-state index in [9.17, 15) is 4.39 Å². The van der Waals surface area contributed by atoms with E-state index in [1.807, 2.05) is 30.3 Å². The minimum absolute atomic E-state index is 0.300. The number of nitrogens with zero attached hydrogens (tertiary/aromatic N) is 2. The predicted molar refractivity (Wildman–Crippen MR) is 93.2 cm³/mol. The molecular weight excluding hydrogens is 359 g/mol. The number of halogens is 2. The fraction of sp³-hybridized carbons (Fsp3) is 0.0667. The molecule has 2 aromatic carbocycles. The van der Waals surface area contributed by atoms with Crippen molar-refractivity contribution in [2.45, 2.75) is 10.1 Å². The molecule has 0 aliphatic rings. The molecule has 2 nitrogen and oxygen atoms in total. The quantitative estimate of drug-likeness (QED) is 0.431. The predicted octanol–water partition coefficient (Wildman–Crippen LogP) is 5.75. The Hall–Kier alpha value is -1.21. The van der Waals surface area contributed by atoms with Gasteiger partial charge in [0.05, 0.1) is 5.69 Å². The first-order valence-corrected chi connectivity index (χ1v) is 8.95. The second kappa shape index (κ2) is 6.91. The van der Waals surface area contributed by atoms with Gasteiger partial charge in [-0.1, -0.05) is 59.0 Å². The summed E-state index contributed by atoms with van der Waals surface area (Å²) in [6.07, 6.45) is 0. The molecule has 0 amide bonds. The Morgan fingerprint density at radius 2 is 1.95 bits per heavy atom. The molecule has 0 saturated heterocycles. The molecule has 0 bridgehead atoms. The van der Waals surface area contributed by atoms with Gasteiger partial charge in [-0.2, -0.15) is 0 Å². The topological polar surface area (TPSA) is 17.8 Å². The van der Waals surface area contributed by atoms with Crippen LogP contribution >= 0.6 is 46.9 Å². The van der Waals surface area contributed by atoms with Crippen molar-refractivity contribution in [3.8, 4) is 5.69 Å². The van der Waals surface area contributed by atoms with E-state index in [1.54, 1.807) is 16.8 Å². The van der Waals surface area contributed by atoms with Crippen LogP contribution in [0.1, 0.15) is 5.56 Å². The molecule has 0 fully saturated rings. The molecule has 22 heavy (non-hydrogen) atoms. The summed E-state index contributed by atoms with van der Waals surface area (Å²) in [6, 6.07) is 14.4. The lowest BCUT2D eigenvalue weighted by molar-refractivity contribution is 0.617. The van der Waals surface area contributed by atoms with Crippen LogP contribution in [0.25, 0.3) is 5.69 Å². The van der Waals surface area contributed by atoms with Gasteiger partial charge >= 0.3 is 0 Å². The molecule has 0 aliphatic heterocycles. The van der Waals surface area contributed by atoms with E-state index < -0.39 is 0 Å². The van der Waals surface area contributed by atoms with Gasteiger partial charge < -0.3 is 0 Å². The Balaban J connectivity index is 1.82. The van der Waals surface area contributed by atoms with Crippen molar-refractivity contribution in [1.29, 1.82) is 0 Å². The summed E-state index contributed by atoms with van der Waals surface area (Å²) in [5.41, 5.74) is 1.40. The minimum atomic E-state index is -0.300. The highest BCUT2D eigenvalue weighted by Gasteiger charge is 2.10. The van der Waals surface area contributed by atoms with E-state index in [2.05, 4.69) is 5.10 Å². The van der Waals surface area contributed by atoms with Crippen molar-refractivity contribution in [3.05, 3.63) is 68.9 Å². The van der Waals surface area contributed by atoms with Crippen LogP contribution in [-0.2, 0) is 5.75 Å². The van der Waals surface area contributed by atoms with Crippen molar-refractivity contribution < 1.29 is 4.39 Å². The molecule has 0 unspecified atom stereocenters. The van der Waals surface area contributed by atoms with Crippen LogP contribution in [0, 0.1) is 9.77 Å². The van der Waals surface area contributed by atoms with E-state index in [0.717, 1.165) is 10.0 Å². The Morgan fingerprint density at radius 3 is 2.68 bits per heavy atom. The van der Waals surface area contributed by atoms with E-state index >= 15 is 0 Å². The molecule has 1 heterocycles. The average Bonchev–Trinajstić information content (AvgIpc) is 2.89. The molecule has 0 aliphatic carbocycles. The highest BCUT2D eigenvalue weighted by molar-refractivity contribution is 8.00. The molecule has 0 N–H and O–H groups in total. The van der Waals surface area contributed by atoms with Crippen LogP contribution in [-0.4, -0.2) is 9.78 Å². The third-order valence-corrected chi connectivity index (χ3v) is 5.68. The van der Waals surface area contributed by atoms with Crippen molar-refractivity contribution in [1.82, 2.24) is 9.78 Å². The van der Waals surface area contributed by atoms with Gasteiger partial charge in [-0.15, -0.1) is 5.10 Å². The van der Waals surface area contributed by atoms with Crippen molar-refractivity contribution >= 4 is 46.9 Å². The van der Waals surface area contributed by atoms with Gasteiger partial charge in [0.2, 0.25) is 0 Å². The highest BCUT2D eigenvalue weighted by atomic mass is 35.5. The maximum Gasteiger partial charge on any atom is 0.184 e. The summed E-state index contributed by atoms with van der Waals surface area (Å²) in [5, 5.41) is 4.91. The maximum atomic E-state index is 13.8. The summed E-state index contributed by atoms with van der Waals surface area (Å²) in [4.78, 5) is 0. The molecule has 112 valence electrons. The number of aromatic nitrogens is 2. The average molecular weight is 369 g/mol. The SMILES string of the molecule is Fc1cccc(Cl)c1CSc1nn(-c2ccccc2)c(=S)s1. The van der Waals surface area contributed by atoms with Crippen LogP contribution in [0.3, 0.4) is 0 Å². The zero-order valence-corrected chi connectivity index (χ0v) is 14.4. The first-order valence-electron chi connectivity index (χ1n) is 6.36. The number of benzene rings is 2. The lowest BCUT2D eigenvalue weighted by Gasteiger charge is -2.03. The molecule has 7 heteroatoms. The summed E-state index contributed by atoms with van der Waals surface area (Å²) >= 11 is 14.2. The molecule has 0 saturated carbocycles. The van der Waals surface area contributed by atoms with Gasteiger partial charge in [0.1, 0.15) is 5.82 Å². The molecule has 0 atom stereocenters. The van der Waals surface area contributed by atoms with Crippen molar-refractivity contribution in [2.24, 2.45) is 0 Å². The van der Waals surface area contributed by atoms with Gasteiger partial charge in [0.25, 0.3) is 0 Å². The van der Waals surface area contributed by atoms with E-state index in [4.69, 9.17) is 23.8 Å². The van der Waals surface area contributed by atoms with Gasteiger partial charge in [0.15, 0.2) is 8.29 Å². The van der Waals surface area contributed by atoms with Crippen molar-refractivity contribution in [3.63, 3.8) is 0 Å². The lowest BCUT2D eigenvalue weighted by atomic mass is 10.2. The molecule has 0 radical (unpaired) electrons. The van der Waals surface area contributed by atoms with Crippen molar-refractivity contribution in [2.75, 3.05) is 0 Å². The Bertz CT molecular complexity index is 825. The molecule has 0 spiro atoms. The third-order valence-electron chi connectivity index (χ3n) is 2.93. The zero-order valence-electron chi connectivity index (χ0n) is 11.2. The van der Waals surface area contributed by atoms with Gasteiger partial charge in [0, 0.05) is 16.3 Å². The summed E-state index contributed by atoms with van der Waals surface area (Å²) in [6.45, 7) is 0. The largest absolute Gasteiger partial charge is 0.211 e. The second-order valence-corrected chi connectivity index (χ2v) is 7.62. The number of rotatable bonds is 4. The van der Waals surface area contributed by atoms with E-state index in [1.165, 1.54) is 29.2 Å². The fourth-order valence-corrected chi connectivity index (χ4v) is 4.56. The maximum absolute atomic E-state index is 13.8. The molecule has 1 aromatic heterocycles. The first kappa shape index (κ1) is 15.7. The Morgan fingerprint density at radius 1 is 1.18 bits per heavy atom. The van der Waals surface area contributed by atoms with Gasteiger partial charge in [-0.05, 0) is 36.5 Å². The Kier molecular flexibility index (Phi) is 4.93. The third kappa shape index (κ3) is 3.41. The number of hydrogen-bond acceptors (Lipinski definition) is 4. The highest BCUT2D eigenvalue weighted by Crippen LogP contribution is 2.30. The molecule has 3 aromatic rings. The normalized spacial score (nSPS) is 10.8. The first-order chi connectivity index (χ1) is 10.6. The Labute approximate surface area is 145 Å². The summed E-state index contributed by atoms with van der Waals surface area (Å²) in [7, 11) is 0. The fourth-order valence-electron chi connectivity index (χ4n) is 1.86. The second-order valence-electron chi connectivity index (χ2n) is 4.37. The number of para-hydroxylation sites is 1. The summed E-state index contributed by atoms with van der Waals surface area (Å²) < 4.78 is 16.9. The smallest absolute Gasteiger partial charge is 0.184 e. The standard InChI is InChI=1S/C15H10ClFN2S3/c16-12-7-4-8-13(17)11(12)9-21-14-18-19(15(20)22-14)10-5-2-1-3-6-10/h1-8H,9H2. The van der Waals surface area contributed by atoms with Gasteiger partial charge in [-0.25, -0.2) is 9.07 Å². The van der Waals surface area contributed by atoms with E-state index in [-0.39, 0.29) is 5.82 Å². The molecular formula is C15H10ClFN2S3. The minimum Gasteiger partial charge on any atom is -0.211 e. The number of hydrogen-bond donors (Lipinski definition) is 0. The van der Waals surface area contributed by atoms with Crippen LogP contribution in [0.4, 0.5) is 4.39 Å². The lowest BCUT2D eigenvalue weighted by Crippen LogP contribution is -1.95. The summed E-state index contributed by atoms with van der Waals surface area (Å²) in [5.74, 6) is 0.119.